The molecule has 14 heavy (non-hydrogen) atoms. The summed E-state index contributed by atoms with van der Waals surface area (Å²) in [6, 6.07) is 5.17. The molecule has 0 saturated heterocycles. The lowest BCUT2D eigenvalue weighted by Crippen LogP contribution is -2.15. The first kappa shape index (κ1) is 10.9. The quantitative estimate of drug-likeness (QED) is 0.560. The molecular formula is C12H16FN. The van der Waals surface area contributed by atoms with Crippen LogP contribution in [0.25, 0.3) is 0 Å². The van der Waals surface area contributed by atoms with Gasteiger partial charge in [0.15, 0.2) is 0 Å². The maximum absolute atomic E-state index is 13.2. The molecule has 76 valence electrons. The molecule has 1 nitrogen and oxygen atoms in total. The van der Waals surface area contributed by atoms with Crippen LogP contribution in [0.1, 0.15) is 17.5 Å². The Bertz CT molecular complexity index is 307. The number of hydrogen-bond donors (Lipinski definition) is 1. The Morgan fingerprint density at radius 1 is 1.50 bits per heavy atom. The Hall–Kier alpha value is -1.15. The van der Waals surface area contributed by atoms with Crippen LogP contribution in [-0.2, 0) is 6.54 Å². The average molecular weight is 193 g/mol. The number of rotatable bonds is 5. The maximum Gasteiger partial charge on any atom is 0.127 e. The van der Waals surface area contributed by atoms with Crippen LogP contribution in [0.4, 0.5) is 4.39 Å². The van der Waals surface area contributed by atoms with E-state index in [0.29, 0.717) is 6.54 Å². The molecule has 0 heterocycles. The fraction of sp³-hybridized carbons (Fsp3) is 0.333. The SMILES string of the molecule is C=CCCNCc1cc(C)ccc1F. The van der Waals surface area contributed by atoms with Crippen LogP contribution < -0.4 is 5.32 Å². The molecule has 1 aromatic rings. The summed E-state index contributed by atoms with van der Waals surface area (Å²) in [5.74, 6) is -0.137. The van der Waals surface area contributed by atoms with E-state index in [2.05, 4.69) is 11.9 Å². The Morgan fingerprint density at radius 3 is 3.00 bits per heavy atom. The third-order valence-corrected chi connectivity index (χ3v) is 2.04. The van der Waals surface area contributed by atoms with Gasteiger partial charge in [-0.05, 0) is 26.0 Å². The van der Waals surface area contributed by atoms with Crippen LogP contribution in [0, 0.1) is 12.7 Å². The minimum atomic E-state index is -0.137. The number of halogens is 1. The van der Waals surface area contributed by atoms with E-state index in [1.807, 2.05) is 19.1 Å². The van der Waals surface area contributed by atoms with E-state index in [1.165, 1.54) is 6.07 Å². The van der Waals surface area contributed by atoms with Gasteiger partial charge in [-0.25, -0.2) is 4.39 Å². The zero-order valence-electron chi connectivity index (χ0n) is 8.52. The number of benzene rings is 1. The highest BCUT2D eigenvalue weighted by Gasteiger charge is 2.00. The summed E-state index contributed by atoms with van der Waals surface area (Å²) in [7, 11) is 0. The summed E-state index contributed by atoms with van der Waals surface area (Å²) in [4.78, 5) is 0. The molecule has 0 amide bonds. The third kappa shape index (κ3) is 3.30. The lowest BCUT2D eigenvalue weighted by molar-refractivity contribution is 0.589. The Labute approximate surface area is 84.6 Å². The molecule has 0 radical (unpaired) electrons. The number of nitrogens with one attached hydrogen (secondary N) is 1. The van der Waals surface area contributed by atoms with Gasteiger partial charge in [-0.2, -0.15) is 0 Å². The molecule has 0 unspecified atom stereocenters. The monoisotopic (exact) mass is 193 g/mol. The Balaban J connectivity index is 2.49. The lowest BCUT2D eigenvalue weighted by atomic mass is 10.1. The first-order chi connectivity index (χ1) is 6.74. The zero-order chi connectivity index (χ0) is 10.4. The first-order valence-corrected chi connectivity index (χ1v) is 4.80. The predicted octanol–water partition coefficient (Wildman–Crippen LogP) is 2.80. The van der Waals surface area contributed by atoms with E-state index in [0.717, 1.165) is 24.1 Å². The summed E-state index contributed by atoms with van der Waals surface area (Å²) in [5.41, 5.74) is 1.82. The van der Waals surface area contributed by atoms with Gasteiger partial charge in [0.05, 0.1) is 0 Å². The van der Waals surface area contributed by atoms with Crippen molar-refractivity contribution < 1.29 is 4.39 Å². The maximum atomic E-state index is 13.2. The highest BCUT2D eigenvalue weighted by Crippen LogP contribution is 2.09. The summed E-state index contributed by atoms with van der Waals surface area (Å²) in [5, 5.41) is 3.16. The van der Waals surface area contributed by atoms with Crippen LogP contribution in [0.15, 0.2) is 30.9 Å². The molecule has 1 aromatic carbocycles. The van der Waals surface area contributed by atoms with Crippen LogP contribution in [0.3, 0.4) is 0 Å². The first-order valence-electron chi connectivity index (χ1n) is 4.80. The van der Waals surface area contributed by atoms with Crippen molar-refractivity contribution in [1.29, 1.82) is 0 Å². The smallest absolute Gasteiger partial charge is 0.127 e. The Kier molecular flexibility index (Phi) is 4.33. The van der Waals surface area contributed by atoms with Crippen molar-refractivity contribution in [2.24, 2.45) is 0 Å². The molecule has 0 saturated carbocycles. The minimum absolute atomic E-state index is 0.137. The van der Waals surface area contributed by atoms with Gasteiger partial charge in [-0.3, -0.25) is 0 Å². The fourth-order valence-corrected chi connectivity index (χ4v) is 1.27. The number of hydrogen-bond acceptors (Lipinski definition) is 1. The zero-order valence-corrected chi connectivity index (χ0v) is 8.52. The van der Waals surface area contributed by atoms with E-state index in [9.17, 15) is 4.39 Å². The lowest BCUT2D eigenvalue weighted by Gasteiger charge is -2.05. The van der Waals surface area contributed by atoms with Gasteiger partial charge in [0.2, 0.25) is 0 Å². The van der Waals surface area contributed by atoms with Crippen LogP contribution >= 0.6 is 0 Å². The molecule has 0 bridgehead atoms. The number of aryl methyl sites for hydroxylation is 1. The van der Waals surface area contributed by atoms with E-state index in [4.69, 9.17) is 0 Å². The van der Waals surface area contributed by atoms with Crippen molar-refractivity contribution in [3.8, 4) is 0 Å². The molecule has 0 fully saturated rings. The average Bonchev–Trinajstić information content (AvgIpc) is 2.18. The van der Waals surface area contributed by atoms with Crippen molar-refractivity contribution >= 4 is 0 Å². The molecule has 0 aliphatic rings. The van der Waals surface area contributed by atoms with Crippen molar-refractivity contribution in [2.75, 3.05) is 6.54 Å². The van der Waals surface area contributed by atoms with E-state index < -0.39 is 0 Å². The van der Waals surface area contributed by atoms with Crippen molar-refractivity contribution in [3.05, 3.63) is 47.8 Å². The molecule has 2 heteroatoms. The second-order valence-corrected chi connectivity index (χ2v) is 3.35. The van der Waals surface area contributed by atoms with Gasteiger partial charge in [0, 0.05) is 12.1 Å². The van der Waals surface area contributed by atoms with Crippen LogP contribution in [-0.4, -0.2) is 6.54 Å². The molecule has 0 aromatic heterocycles. The normalized spacial score (nSPS) is 10.1. The third-order valence-electron chi connectivity index (χ3n) is 2.04. The highest BCUT2D eigenvalue weighted by atomic mass is 19.1. The second kappa shape index (κ2) is 5.55. The second-order valence-electron chi connectivity index (χ2n) is 3.35. The topological polar surface area (TPSA) is 12.0 Å². The predicted molar refractivity (Wildman–Crippen MR) is 57.7 cm³/mol. The van der Waals surface area contributed by atoms with Gasteiger partial charge in [0.1, 0.15) is 5.82 Å². The minimum Gasteiger partial charge on any atom is -0.312 e. The van der Waals surface area contributed by atoms with Crippen molar-refractivity contribution in [2.45, 2.75) is 19.9 Å². The molecule has 0 atom stereocenters. The summed E-state index contributed by atoms with van der Waals surface area (Å²) in [6.45, 7) is 7.02. The van der Waals surface area contributed by atoms with Crippen molar-refractivity contribution in [3.63, 3.8) is 0 Å². The van der Waals surface area contributed by atoms with Gasteiger partial charge >= 0.3 is 0 Å². The van der Waals surface area contributed by atoms with E-state index >= 15 is 0 Å². The largest absolute Gasteiger partial charge is 0.312 e. The molecular weight excluding hydrogens is 177 g/mol. The van der Waals surface area contributed by atoms with Crippen LogP contribution in [0.5, 0.6) is 0 Å². The summed E-state index contributed by atoms with van der Waals surface area (Å²) < 4.78 is 13.2. The summed E-state index contributed by atoms with van der Waals surface area (Å²) in [6.07, 6.45) is 2.76. The molecule has 0 spiro atoms. The highest BCUT2D eigenvalue weighted by molar-refractivity contribution is 5.23. The molecule has 1 N–H and O–H groups in total. The summed E-state index contributed by atoms with van der Waals surface area (Å²) >= 11 is 0. The van der Waals surface area contributed by atoms with Crippen LogP contribution in [0.2, 0.25) is 0 Å². The molecule has 0 aliphatic heterocycles. The van der Waals surface area contributed by atoms with E-state index in [-0.39, 0.29) is 5.82 Å². The van der Waals surface area contributed by atoms with Crippen molar-refractivity contribution in [1.82, 2.24) is 5.32 Å². The van der Waals surface area contributed by atoms with Gasteiger partial charge in [0.25, 0.3) is 0 Å². The standard InChI is InChI=1S/C12H16FN/c1-3-4-7-14-9-11-8-10(2)5-6-12(11)13/h3,5-6,8,14H,1,4,7,9H2,2H3. The van der Waals surface area contributed by atoms with E-state index in [1.54, 1.807) is 6.07 Å². The molecule has 0 aliphatic carbocycles. The van der Waals surface area contributed by atoms with Gasteiger partial charge in [-0.15, -0.1) is 6.58 Å². The van der Waals surface area contributed by atoms with Gasteiger partial charge < -0.3 is 5.32 Å². The molecule has 1 rings (SSSR count). The fourth-order valence-electron chi connectivity index (χ4n) is 1.27. The van der Waals surface area contributed by atoms with Gasteiger partial charge in [-0.1, -0.05) is 23.8 Å². The Morgan fingerprint density at radius 2 is 2.29 bits per heavy atom.